The highest BCUT2D eigenvalue weighted by Crippen LogP contribution is 2.34. The zero-order valence-corrected chi connectivity index (χ0v) is 12.0. The van der Waals surface area contributed by atoms with Crippen LogP contribution < -0.4 is 11.2 Å². The van der Waals surface area contributed by atoms with E-state index in [1.54, 1.807) is 0 Å². The van der Waals surface area contributed by atoms with Gasteiger partial charge in [-0.05, 0) is 6.42 Å². The summed E-state index contributed by atoms with van der Waals surface area (Å²) in [7, 11) is -0.843. The molecule has 2 heterocycles. The van der Waals surface area contributed by atoms with Gasteiger partial charge in [0.1, 0.15) is 12.8 Å². The monoisotopic (exact) mass is 303 g/mol. The van der Waals surface area contributed by atoms with E-state index in [2.05, 4.69) is 9.51 Å². The molecule has 0 aromatic carbocycles. The van der Waals surface area contributed by atoms with Gasteiger partial charge in [0, 0.05) is 22.7 Å². The van der Waals surface area contributed by atoms with Crippen LogP contribution in [0.4, 0.5) is 0 Å². The summed E-state index contributed by atoms with van der Waals surface area (Å²) >= 11 is 0. The predicted molar refractivity (Wildman–Crippen MR) is 69.6 cm³/mol. The summed E-state index contributed by atoms with van der Waals surface area (Å²) in [5.74, 6) is 0.0626. The van der Waals surface area contributed by atoms with Crippen molar-refractivity contribution in [2.24, 2.45) is 5.92 Å². The molecule has 1 aliphatic rings. The average Bonchev–Trinajstić information content (AvgIpc) is 2.77. The van der Waals surface area contributed by atoms with Crippen molar-refractivity contribution in [3.63, 3.8) is 0 Å². The third-order valence-corrected chi connectivity index (χ3v) is 3.75. The van der Waals surface area contributed by atoms with Crippen molar-refractivity contribution in [3.05, 3.63) is 33.1 Å². The van der Waals surface area contributed by atoms with Crippen LogP contribution in [0, 0.1) is 5.92 Å². The van der Waals surface area contributed by atoms with Crippen LogP contribution in [0.3, 0.4) is 0 Å². The smallest absolute Gasteiger partial charge is 0.352 e. The van der Waals surface area contributed by atoms with Crippen LogP contribution in [-0.4, -0.2) is 29.4 Å². The number of aromatic amines is 1. The summed E-state index contributed by atoms with van der Waals surface area (Å²) in [5, 5.41) is 0. The summed E-state index contributed by atoms with van der Waals surface area (Å²) in [6.07, 6.45) is 1.31. The first-order valence-corrected chi connectivity index (χ1v) is 7.22. The van der Waals surface area contributed by atoms with Gasteiger partial charge in [-0.1, -0.05) is 6.92 Å². The maximum Gasteiger partial charge on any atom is 0.697 e. The topological polar surface area (TPSA) is 99.6 Å². The summed E-state index contributed by atoms with van der Waals surface area (Å²) in [4.78, 5) is 24.9. The zero-order valence-electron chi connectivity index (χ0n) is 11.1. The van der Waals surface area contributed by atoms with Crippen molar-refractivity contribution in [1.29, 1.82) is 0 Å². The molecule has 2 rings (SSSR count). The van der Waals surface area contributed by atoms with Crippen molar-refractivity contribution in [1.82, 2.24) is 9.55 Å². The quantitative estimate of drug-likeness (QED) is 0.807. The third-order valence-electron chi connectivity index (χ3n) is 3.09. The predicted octanol–water partition coefficient (Wildman–Crippen LogP) is 0.781. The second-order valence-electron chi connectivity index (χ2n) is 4.58. The van der Waals surface area contributed by atoms with Gasteiger partial charge in [0.25, 0.3) is 5.56 Å². The van der Waals surface area contributed by atoms with Crippen LogP contribution in [0.5, 0.6) is 0 Å². The lowest BCUT2D eigenvalue weighted by molar-refractivity contribution is -0.0301. The lowest BCUT2D eigenvalue weighted by Crippen LogP contribution is -2.33. The number of hydrogen-bond acceptors (Lipinski definition) is 6. The van der Waals surface area contributed by atoms with Gasteiger partial charge in [0.2, 0.25) is 0 Å². The molecule has 9 heteroatoms. The molecule has 0 spiro atoms. The van der Waals surface area contributed by atoms with Crippen LogP contribution in [0.15, 0.2) is 21.9 Å². The number of H-pyrrole nitrogens is 1. The van der Waals surface area contributed by atoms with E-state index >= 15 is 0 Å². The molecule has 0 saturated carbocycles. The van der Waals surface area contributed by atoms with E-state index in [9.17, 15) is 14.2 Å². The first-order valence-electron chi connectivity index (χ1n) is 6.12. The Morgan fingerprint density at radius 1 is 1.55 bits per heavy atom. The minimum absolute atomic E-state index is 0.0626. The highest BCUT2D eigenvalue weighted by Gasteiger charge is 2.36. The number of ether oxygens (including phenoxy) is 1. The Morgan fingerprint density at radius 2 is 2.30 bits per heavy atom. The Hall–Kier alpha value is -1.34. The standard InChI is InChI=1S/C11H15N2O6P/c1-7-5-8(6-18-20(16)17-2)19-10(7)13-4-3-9(14)12-11(13)15/h3-4,7-8,10H,5-6H2,1-2H3/p+1. The molecule has 0 aliphatic carbocycles. The normalized spacial score (nSPS) is 26.7. The lowest BCUT2D eigenvalue weighted by atomic mass is 10.1. The fourth-order valence-corrected chi connectivity index (χ4v) is 2.58. The van der Waals surface area contributed by atoms with Crippen molar-refractivity contribution < 1.29 is 18.3 Å². The van der Waals surface area contributed by atoms with Gasteiger partial charge in [-0.3, -0.25) is 14.3 Å². The summed E-state index contributed by atoms with van der Waals surface area (Å²) < 4.78 is 27.6. The van der Waals surface area contributed by atoms with Gasteiger partial charge < -0.3 is 4.74 Å². The molecular weight excluding hydrogens is 287 g/mol. The van der Waals surface area contributed by atoms with E-state index in [0.717, 1.165) is 0 Å². The van der Waals surface area contributed by atoms with Gasteiger partial charge in [-0.2, -0.15) is 0 Å². The molecule has 4 atom stereocenters. The van der Waals surface area contributed by atoms with Gasteiger partial charge in [0.05, 0.1) is 13.2 Å². The highest BCUT2D eigenvalue weighted by atomic mass is 31.1. The molecule has 0 radical (unpaired) electrons. The molecule has 8 nitrogen and oxygen atoms in total. The van der Waals surface area contributed by atoms with Gasteiger partial charge >= 0.3 is 13.9 Å². The van der Waals surface area contributed by atoms with Crippen LogP contribution in [0.2, 0.25) is 0 Å². The molecule has 4 unspecified atom stereocenters. The van der Waals surface area contributed by atoms with Crippen LogP contribution in [0.25, 0.3) is 0 Å². The Kier molecular flexibility index (Phi) is 4.82. The molecule has 1 saturated heterocycles. The fraction of sp³-hybridized carbons (Fsp3) is 0.636. The maximum absolute atomic E-state index is 11.7. The summed E-state index contributed by atoms with van der Waals surface area (Å²) in [6.45, 7) is 2.06. The number of aromatic nitrogens is 2. The van der Waals surface area contributed by atoms with Crippen LogP contribution in [-0.2, 0) is 18.3 Å². The van der Waals surface area contributed by atoms with E-state index < -0.39 is 25.7 Å². The first-order chi connectivity index (χ1) is 9.51. The Labute approximate surface area is 115 Å². The summed E-state index contributed by atoms with van der Waals surface area (Å²) in [5.41, 5.74) is -0.965. The van der Waals surface area contributed by atoms with Gasteiger partial charge in [-0.25, -0.2) is 4.79 Å². The zero-order chi connectivity index (χ0) is 14.7. The molecular formula is C11H16N2O6P+. The third kappa shape index (κ3) is 3.40. The molecule has 1 fully saturated rings. The second kappa shape index (κ2) is 6.41. The fourth-order valence-electron chi connectivity index (χ4n) is 2.19. The maximum atomic E-state index is 11.7. The van der Waals surface area contributed by atoms with Crippen molar-refractivity contribution >= 4 is 8.25 Å². The van der Waals surface area contributed by atoms with Gasteiger partial charge in [0.15, 0.2) is 0 Å². The number of nitrogens with zero attached hydrogens (tertiary/aromatic N) is 1. The summed E-state index contributed by atoms with van der Waals surface area (Å²) in [6, 6.07) is 1.27. The van der Waals surface area contributed by atoms with Crippen molar-refractivity contribution in [2.75, 3.05) is 13.7 Å². The number of hydrogen-bond donors (Lipinski definition) is 1. The van der Waals surface area contributed by atoms with Crippen LogP contribution >= 0.6 is 8.25 Å². The second-order valence-corrected chi connectivity index (χ2v) is 5.65. The largest absolute Gasteiger partial charge is 0.697 e. The van der Waals surface area contributed by atoms with E-state index in [-0.39, 0.29) is 18.6 Å². The Balaban J connectivity index is 2.05. The Bertz CT molecular complexity index is 597. The number of nitrogens with one attached hydrogen (secondary N) is 1. The average molecular weight is 303 g/mol. The molecule has 20 heavy (non-hydrogen) atoms. The molecule has 1 aliphatic heterocycles. The molecule has 1 aromatic rings. The molecule has 1 N–H and O–H groups in total. The van der Waals surface area contributed by atoms with E-state index in [0.29, 0.717) is 6.42 Å². The van der Waals surface area contributed by atoms with Crippen LogP contribution in [0.1, 0.15) is 19.6 Å². The Morgan fingerprint density at radius 3 is 2.95 bits per heavy atom. The lowest BCUT2D eigenvalue weighted by Gasteiger charge is -2.17. The van der Waals surface area contributed by atoms with E-state index in [1.807, 2.05) is 6.92 Å². The van der Waals surface area contributed by atoms with Gasteiger partial charge in [-0.15, -0.1) is 9.05 Å². The molecule has 110 valence electrons. The van der Waals surface area contributed by atoms with E-state index in [4.69, 9.17) is 9.26 Å². The van der Waals surface area contributed by atoms with Crippen molar-refractivity contribution in [3.8, 4) is 0 Å². The molecule has 0 amide bonds. The van der Waals surface area contributed by atoms with Crippen molar-refractivity contribution in [2.45, 2.75) is 25.7 Å². The SMILES string of the molecule is CO[P+](=O)OCC1CC(C)C(n2ccc(=O)[nH]c2=O)O1. The highest BCUT2D eigenvalue weighted by molar-refractivity contribution is 7.33. The minimum Gasteiger partial charge on any atom is -0.352 e. The first kappa shape index (κ1) is 15.1. The molecule has 1 aromatic heterocycles. The molecule has 0 bridgehead atoms. The number of rotatable bonds is 5. The minimum atomic E-state index is -2.13. The van der Waals surface area contributed by atoms with E-state index in [1.165, 1.54) is 23.9 Å².